The van der Waals surface area contributed by atoms with Crippen molar-refractivity contribution in [1.29, 1.82) is 0 Å². The highest BCUT2D eigenvalue weighted by Gasteiger charge is 2.42. The first kappa shape index (κ1) is 25.7. The lowest BCUT2D eigenvalue weighted by molar-refractivity contribution is -0.129. The number of amides is 2. The Morgan fingerprint density at radius 2 is 1.82 bits per heavy atom. The summed E-state index contributed by atoms with van der Waals surface area (Å²) in [5.74, 6) is 1.23. The molecule has 1 aromatic rings. The second-order valence-corrected chi connectivity index (χ2v) is 8.90. The predicted octanol–water partition coefficient (Wildman–Crippen LogP) is 4.02. The van der Waals surface area contributed by atoms with Crippen molar-refractivity contribution in [3.8, 4) is 11.5 Å². The quantitative estimate of drug-likeness (QED) is 0.525. The molecular formula is C25H34N4O4S. The molecule has 0 radical (unpaired) electrons. The number of thioether (sulfide) groups is 1. The van der Waals surface area contributed by atoms with Crippen LogP contribution < -0.4 is 9.47 Å². The van der Waals surface area contributed by atoms with Crippen molar-refractivity contribution in [2.75, 3.05) is 40.9 Å². The molecule has 2 aliphatic heterocycles. The van der Waals surface area contributed by atoms with Crippen LogP contribution in [0.25, 0.3) is 0 Å². The van der Waals surface area contributed by atoms with Crippen molar-refractivity contribution in [2.45, 2.75) is 40.2 Å². The van der Waals surface area contributed by atoms with E-state index in [0.717, 1.165) is 16.4 Å². The third-order valence-corrected chi connectivity index (χ3v) is 7.13. The van der Waals surface area contributed by atoms with Gasteiger partial charge in [-0.3, -0.25) is 9.59 Å². The first-order valence-corrected chi connectivity index (χ1v) is 12.4. The van der Waals surface area contributed by atoms with Gasteiger partial charge in [0, 0.05) is 37.9 Å². The summed E-state index contributed by atoms with van der Waals surface area (Å²) in [4.78, 5) is 36.9. The minimum Gasteiger partial charge on any atom is -0.497 e. The number of nitrogens with zero attached hydrogens (tertiary/aromatic N) is 4. The highest BCUT2D eigenvalue weighted by molar-refractivity contribution is 8.16. The molecule has 34 heavy (non-hydrogen) atoms. The van der Waals surface area contributed by atoms with Crippen LogP contribution >= 0.6 is 11.8 Å². The number of carbonyl (C=O) groups excluding carboxylic acids is 2. The molecule has 0 aromatic heterocycles. The highest BCUT2D eigenvalue weighted by Crippen LogP contribution is 2.47. The maximum Gasteiger partial charge on any atom is 0.254 e. The van der Waals surface area contributed by atoms with Crippen LogP contribution in [0, 0.1) is 0 Å². The fourth-order valence-electron chi connectivity index (χ4n) is 4.14. The zero-order valence-corrected chi connectivity index (χ0v) is 21.9. The lowest BCUT2D eigenvalue weighted by Crippen LogP contribution is -2.42. The van der Waals surface area contributed by atoms with Crippen LogP contribution in [0.3, 0.4) is 0 Å². The van der Waals surface area contributed by atoms with Crippen LogP contribution in [0.4, 0.5) is 0 Å². The van der Waals surface area contributed by atoms with Crippen molar-refractivity contribution in [3.63, 3.8) is 0 Å². The summed E-state index contributed by atoms with van der Waals surface area (Å²) < 4.78 is 11.2. The molecule has 3 rings (SSSR count). The first-order chi connectivity index (χ1) is 16.3. The molecule has 2 heterocycles. The summed E-state index contributed by atoms with van der Waals surface area (Å²) in [6.45, 7) is 9.54. The van der Waals surface area contributed by atoms with Gasteiger partial charge in [-0.05, 0) is 51.3 Å². The van der Waals surface area contributed by atoms with Crippen molar-refractivity contribution < 1.29 is 19.1 Å². The van der Waals surface area contributed by atoms with Crippen LogP contribution in [-0.2, 0) is 9.59 Å². The minimum absolute atomic E-state index is 0.00912. The standard InChI is InChI=1S/C25H34N4O4S/c1-8-27(5)21(30)13-17-15-34-25-26-16(4)22(24(31)28(9-2)10-3)23(29(17)25)19-14-18(32-6)11-12-20(19)33-7/h11-12,14-15,23H,8-10,13H2,1-7H3. The lowest BCUT2D eigenvalue weighted by atomic mass is 9.91. The van der Waals surface area contributed by atoms with E-state index < -0.39 is 6.04 Å². The molecule has 0 saturated carbocycles. The normalized spacial score (nSPS) is 17.1. The molecule has 1 atom stereocenters. The van der Waals surface area contributed by atoms with E-state index in [9.17, 15) is 9.59 Å². The van der Waals surface area contributed by atoms with Crippen LogP contribution in [-0.4, -0.2) is 72.6 Å². The van der Waals surface area contributed by atoms with Gasteiger partial charge in [0.25, 0.3) is 5.91 Å². The molecule has 0 spiro atoms. The van der Waals surface area contributed by atoms with Crippen LogP contribution in [0.2, 0.25) is 0 Å². The molecule has 8 nitrogen and oxygen atoms in total. The second kappa shape index (κ2) is 11.0. The Morgan fingerprint density at radius 1 is 1.12 bits per heavy atom. The van der Waals surface area contributed by atoms with Crippen LogP contribution in [0.5, 0.6) is 11.5 Å². The van der Waals surface area contributed by atoms with Gasteiger partial charge in [0.2, 0.25) is 5.91 Å². The average molecular weight is 487 g/mol. The van der Waals surface area contributed by atoms with Gasteiger partial charge in [0.1, 0.15) is 11.5 Å². The number of carbonyl (C=O) groups is 2. The van der Waals surface area contributed by atoms with E-state index in [1.807, 2.05) is 56.2 Å². The monoisotopic (exact) mass is 486 g/mol. The van der Waals surface area contributed by atoms with Gasteiger partial charge < -0.3 is 24.2 Å². The molecule has 2 aliphatic rings. The van der Waals surface area contributed by atoms with Gasteiger partial charge in [-0.15, -0.1) is 0 Å². The number of likely N-dealkylation sites (N-methyl/N-ethyl adjacent to an activating group) is 1. The Labute approximate surface area is 206 Å². The van der Waals surface area contributed by atoms with E-state index in [2.05, 4.69) is 0 Å². The number of fused-ring (bicyclic) bond motifs is 1. The third kappa shape index (κ3) is 4.80. The molecule has 0 fully saturated rings. The molecule has 0 N–H and O–H groups in total. The third-order valence-electron chi connectivity index (χ3n) is 6.25. The highest BCUT2D eigenvalue weighted by atomic mass is 32.2. The molecule has 0 saturated heterocycles. The molecular weight excluding hydrogens is 452 g/mol. The Hall–Kier alpha value is -2.94. The second-order valence-electron chi connectivity index (χ2n) is 8.06. The maximum atomic E-state index is 13.8. The van der Waals surface area contributed by atoms with Crippen molar-refractivity contribution in [2.24, 2.45) is 4.99 Å². The fraction of sp³-hybridized carbons (Fsp3) is 0.480. The van der Waals surface area contributed by atoms with Crippen molar-refractivity contribution >= 4 is 28.7 Å². The Morgan fingerprint density at radius 3 is 2.41 bits per heavy atom. The first-order valence-electron chi connectivity index (χ1n) is 11.5. The summed E-state index contributed by atoms with van der Waals surface area (Å²) in [5, 5.41) is 2.70. The number of ether oxygens (including phenoxy) is 2. The molecule has 0 bridgehead atoms. The topological polar surface area (TPSA) is 74.7 Å². The molecule has 9 heteroatoms. The number of methoxy groups -OCH3 is 2. The molecule has 1 unspecified atom stereocenters. The van der Waals surface area contributed by atoms with E-state index in [0.29, 0.717) is 42.4 Å². The number of aliphatic imine (C=N–C) groups is 1. The summed E-state index contributed by atoms with van der Waals surface area (Å²) in [6.07, 6.45) is 0.213. The largest absolute Gasteiger partial charge is 0.497 e. The molecule has 1 aromatic carbocycles. The molecule has 184 valence electrons. The van der Waals surface area contributed by atoms with E-state index in [1.54, 1.807) is 31.1 Å². The zero-order valence-electron chi connectivity index (χ0n) is 21.0. The Kier molecular flexibility index (Phi) is 8.30. The van der Waals surface area contributed by atoms with Crippen molar-refractivity contribution in [3.05, 3.63) is 46.1 Å². The predicted molar refractivity (Wildman–Crippen MR) is 136 cm³/mol. The van der Waals surface area contributed by atoms with E-state index in [4.69, 9.17) is 14.5 Å². The molecule has 0 aliphatic carbocycles. The van der Waals surface area contributed by atoms with E-state index >= 15 is 0 Å². The number of hydrogen-bond donors (Lipinski definition) is 0. The van der Waals surface area contributed by atoms with Gasteiger partial charge in [0.05, 0.1) is 38.0 Å². The van der Waals surface area contributed by atoms with Crippen LogP contribution in [0.1, 0.15) is 45.7 Å². The average Bonchev–Trinajstić information content (AvgIpc) is 3.24. The zero-order chi connectivity index (χ0) is 25.0. The van der Waals surface area contributed by atoms with Crippen molar-refractivity contribution in [1.82, 2.24) is 14.7 Å². The Balaban J connectivity index is 2.19. The smallest absolute Gasteiger partial charge is 0.254 e. The summed E-state index contributed by atoms with van der Waals surface area (Å²) in [6, 6.07) is 5.07. The summed E-state index contributed by atoms with van der Waals surface area (Å²) in [5.41, 5.74) is 2.83. The number of rotatable bonds is 9. The Bertz CT molecular complexity index is 1050. The van der Waals surface area contributed by atoms with Gasteiger partial charge in [-0.25, -0.2) is 4.99 Å². The SMILES string of the molecule is CCN(C)C(=O)CC1=CSC2=NC(C)=C(C(=O)N(CC)CC)C(c3cc(OC)ccc3OC)N12. The number of allylic oxidation sites excluding steroid dienone is 1. The molecule has 2 amide bonds. The number of hydrogen-bond acceptors (Lipinski definition) is 7. The fourth-order valence-corrected chi connectivity index (χ4v) is 5.10. The number of benzene rings is 1. The van der Waals surface area contributed by atoms with Gasteiger partial charge in [0.15, 0.2) is 5.17 Å². The number of amidine groups is 1. The summed E-state index contributed by atoms with van der Waals surface area (Å²) in [7, 11) is 5.01. The minimum atomic E-state index is -0.508. The van der Waals surface area contributed by atoms with Crippen LogP contribution in [0.15, 0.2) is 45.6 Å². The lowest BCUT2D eigenvalue weighted by Gasteiger charge is -2.38. The summed E-state index contributed by atoms with van der Waals surface area (Å²) >= 11 is 1.47. The van der Waals surface area contributed by atoms with E-state index in [-0.39, 0.29) is 18.2 Å². The van der Waals surface area contributed by atoms with Gasteiger partial charge in [-0.2, -0.15) is 0 Å². The van der Waals surface area contributed by atoms with Gasteiger partial charge in [-0.1, -0.05) is 11.8 Å². The maximum absolute atomic E-state index is 13.8. The van der Waals surface area contributed by atoms with Gasteiger partial charge >= 0.3 is 0 Å². The van der Waals surface area contributed by atoms with E-state index in [1.165, 1.54) is 11.8 Å².